The van der Waals surface area contributed by atoms with Crippen molar-refractivity contribution >= 4 is 27.5 Å². The van der Waals surface area contributed by atoms with E-state index in [1.807, 2.05) is 30.3 Å². The highest BCUT2D eigenvalue weighted by molar-refractivity contribution is 9.10. The van der Waals surface area contributed by atoms with Crippen LogP contribution in [0, 0.1) is 5.82 Å². The molecule has 1 atom stereocenters. The topological polar surface area (TPSA) is 12.0 Å². The summed E-state index contributed by atoms with van der Waals surface area (Å²) in [6, 6.07) is 12.7. The molecule has 106 valence electrons. The normalized spacial score (nSPS) is 12.4. The Morgan fingerprint density at radius 3 is 2.65 bits per heavy atom. The molecule has 0 aromatic heterocycles. The van der Waals surface area contributed by atoms with Gasteiger partial charge in [0.25, 0.3) is 0 Å². The van der Waals surface area contributed by atoms with Gasteiger partial charge in [-0.2, -0.15) is 0 Å². The van der Waals surface area contributed by atoms with Crippen molar-refractivity contribution in [2.75, 3.05) is 6.54 Å². The van der Waals surface area contributed by atoms with Crippen molar-refractivity contribution in [2.45, 2.75) is 19.4 Å². The number of halogens is 3. The molecular formula is C16H16BrClFN. The van der Waals surface area contributed by atoms with Crippen LogP contribution in [0.2, 0.25) is 5.02 Å². The van der Waals surface area contributed by atoms with Crippen molar-refractivity contribution in [1.82, 2.24) is 5.32 Å². The van der Waals surface area contributed by atoms with Crippen LogP contribution in [0.3, 0.4) is 0 Å². The first-order chi connectivity index (χ1) is 9.63. The predicted molar refractivity (Wildman–Crippen MR) is 85.7 cm³/mol. The molecule has 2 aromatic rings. The maximum atomic E-state index is 13.8. The molecule has 0 saturated carbocycles. The average molecular weight is 357 g/mol. The van der Waals surface area contributed by atoms with Gasteiger partial charge in [-0.3, -0.25) is 0 Å². The lowest BCUT2D eigenvalue weighted by atomic mass is 9.98. The van der Waals surface area contributed by atoms with E-state index in [0.29, 0.717) is 9.50 Å². The summed E-state index contributed by atoms with van der Waals surface area (Å²) >= 11 is 9.46. The van der Waals surface area contributed by atoms with Gasteiger partial charge in [0.05, 0.1) is 10.5 Å². The molecule has 0 aliphatic heterocycles. The van der Waals surface area contributed by atoms with E-state index in [2.05, 4.69) is 28.2 Å². The summed E-state index contributed by atoms with van der Waals surface area (Å²) in [6.45, 7) is 2.94. The fourth-order valence-electron chi connectivity index (χ4n) is 2.10. The average Bonchev–Trinajstić information content (AvgIpc) is 2.44. The third-order valence-corrected chi connectivity index (χ3v) is 4.08. The number of rotatable bonds is 5. The molecule has 0 aliphatic carbocycles. The lowest BCUT2D eigenvalue weighted by Gasteiger charge is -2.21. The van der Waals surface area contributed by atoms with E-state index in [-0.39, 0.29) is 11.9 Å². The Kier molecular flexibility index (Phi) is 5.58. The van der Waals surface area contributed by atoms with Crippen LogP contribution in [-0.2, 0) is 0 Å². The van der Waals surface area contributed by atoms with Gasteiger partial charge in [0.2, 0.25) is 0 Å². The zero-order chi connectivity index (χ0) is 14.5. The number of hydrogen-bond acceptors (Lipinski definition) is 1. The second kappa shape index (κ2) is 7.21. The van der Waals surface area contributed by atoms with Gasteiger partial charge in [0, 0.05) is 5.02 Å². The van der Waals surface area contributed by atoms with Gasteiger partial charge in [0.15, 0.2) is 0 Å². The van der Waals surface area contributed by atoms with Crippen LogP contribution in [0.4, 0.5) is 4.39 Å². The van der Waals surface area contributed by atoms with Crippen molar-refractivity contribution in [3.05, 3.63) is 68.9 Å². The van der Waals surface area contributed by atoms with Gasteiger partial charge in [0.1, 0.15) is 5.82 Å². The monoisotopic (exact) mass is 355 g/mol. The summed E-state index contributed by atoms with van der Waals surface area (Å²) in [7, 11) is 0. The number of hydrogen-bond donors (Lipinski definition) is 1. The first kappa shape index (κ1) is 15.5. The fourth-order valence-corrected chi connectivity index (χ4v) is 2.59. The van der Waals surface area contributed by atoms with E-state index in [1.54, 1.807) is 12.1 Å². The van der Waals surface area contributed by atoms with Crippen LogP contribution in [-0.4, -0.2) is 6.54 Å². The molecule has 0 heterocycles. The van der Waals surface area contributed by atoms with E-state index in [0.717, 1.165) is 24.1 Å². The molecule has 20 heavy (non-hydrogen) atoms. The summed E-state index contributed by atoms with van der Waals surface area (Å²) in [5.74, 6) is -0.266. The molecule has 0 aliphatic rings. The molecule has 1 nitrogen and oxygen atoms in total. The largest absolute Gasteiger partial charge is 0.306 e. The predicted octanol–water partition coefficient (Wildman–Crippen LogP) is 5.33. The minimum Gasteiger partial charge on any atom is -0.306 e. The molecule has 0 amide bonds. The molecule has 0 radical (unpaired) electrons. The van der Waals surface area contributed by atoms with Crippen LogP contribution < -0.4 is 5.32 Å². The van der Waals surface area contributed by atoms with E-state index in [9.17, 15) is 4.39 Å². The van der Waals surface area contributed by atoms with Crippen molar-refractivity contribution in [3.63, 3.8) is 0 Å². The minimum absolute atomic E-state index is 0.105. The maximum Gasteiger partial charge on any atom is 0.137 e. The van der Waals surface area contributed by atoms with Crippen LogP contribution in [0.5, 0.6) is 0 Å². The number of nitrogens with one attached hydrogen (secondary N) is 1. The summed E-state index contributed by atoms with van der Waals surface area (Å²) < 4.78 is 14.2. The fraction of sp³-hybridized carbons (Fsp3) is 0.250. The van der Waals surface area contributed by atoms with Gasteiger partial charge in [-0.15, -0.1) is 0 Å². The Hall–Kier alpha value is -0.900. The Balaban J connectivity index is 2.41. The number of benzene rings is 2. The standard InChI is InChI=1S/C16H16BrClFN/c1-2-9-20-16(12-5-3-4-6-14(12)18)11-7-8-13(17)15(19)10-11/h3-8,10,16,20H,2,9H2,1H3. The minimum atomic E-state index is -0.266. The zero-order valence-corrected chi connectivity index (χ0v) is 13.5. The molecule has 2 rings (SSSR count). The first-order valence-corrected chi connectivity index (χ1v) is 7.73. The van der Waals surface area contributed by atoms with Crippen molar-refractivity contribution in [2.24, 2.45) is 0 Å². The quantitative estimate of drug-likeness (QED) is 0.763. The third kappa shape index (κ3) is 3.60. The molecule has 0 spiro atoms. The molecule has 0 fully saturated rings. The summed E-state index contributed by atoms with van der Waals surface area (Å²) in [4.78, 5) is 0. The lowest BCUT2D eigenvalue weighted by Crippen LogP contribution is -2.23. The van der Waals surface area contributed by atoms with Crippen molar-refractivity contribution in [1.29, 1.82) is 0 Å². The van der Waals surface area contributed by atoms with E-state index >= 15 is 0 Å². The summed E-state index contributed by atoms with van der Waals surface area (Å²) in [5, 5.41) is 4.11. The van der Waals surface area contributed by atoms with Crippen molar-refractivity contribution < 1.29 is 4.39 Å². The Morgan fingerprint density at radius 2 is 2.00 bits per heavy atom. The van der Waals surface area contributed by atoms with Gasteiger partial charge in [-0.25, -0.2) is 4.39 Å². The Bertz CT molecular complexity index is 588. The molecule has 1 unspecified atom stereocenters. The smallest absolute Gasteiger partial charge is 0.137 e. The highest BCUT2D eigenvalue weighted by atomic mass is 79.9. The lowest BCUT2D eigenvalue weighted by molar-refractivity contribution is 0.583. The van der Waals surface area contributed by atoms with E-state index < -0.39 is 0 Å². The molecule has 4 heteroatoms. The molecule has 0 bridgehead atoms. The van der Waals surface area contributed by atoms with Crippen molar-refractivity contribution in [3.8, 4) is 0 Å². The molecular weight excluding hydrogens is 341 g/mol. The second-order valence-electron chi connectivity index (χ2n) is 4.58. The highest BCUT2D eigenvalue weighted by Crippen LogP contribution is 2.30. The summed E-state index contributed by atoms with van der Waals surface area (Å²) in [6.07, 6.45) is 1.000. The van der Waals surface area contributed by atoms with Crippen LogP contribution >= 0.6 is 27.5 Å². The SMILES string of the molecule is CCCNC(c1ccc(Br)c(F)c1)c1ccccc1Cl. The summed E-state index contributed by atoms with van der Waals surface area (Å²) in [5.41, 5.74) is 1.83. The van der Waals surface area contributed by atoms with Crippen LogP contribution in [0.15, 0.2) is 46.9 Å². The third-order valence-electron chi connectivity index (χ3n) is 3.09. The highest BCUT2D eigenvalue weighted by Gasteiger charge is 2.17. The second-order valence-corrected chi connectivity index (χ2v) is 5.84. The Morgan fingerprint density at radius 1 is 1.25 bits per heavy atom. The van der Waals surface area contributed by atoms with Gasteiger partial charge >= 0.3 is 0 Å². The molecule has 1 N–H and O–H groups in total. The van der Waals surface area contributed by atoms with Gasteiger partial charge in [-0.05, 0) is 58.2 Å². The van der Waals surface area contributed by atoms with E-state index in [4.69, 9.17) is 11.6 Å². The van der Waals surface area contributed by atoms with Gasteiger partial charge in [-0.1, -0.05) is 42.8 Å². The van der Waals surface area contributed by atoms with Crippen LogP contribution in [0.1, 0.15) is 30.5 Å². The first-order valence-electron chi connectivity index (χ1n) is 6.56. The molecule has 0 saturated heterocycles. The Labute approximate surface area is 132 Å². The maximum absolute atomic E-state index is 13.8. The zero-order valence-electron chi connectivity index (χ0n) is 11.2. The molecule has 2 aromatic carbocycles. The van der Waals surface area contributed by atoms with Crippen LogP contribution in [0.25, 0.3) is 0 Å². The van der Waals surface area contributed by atoms with E-state index in [1.165, 1.54) is 0 Å². The van der Waals surface area contributed by atoms with Gasteiger partial charge < -0.3 is 5.32 Å².